The van der Waals surface area contributed by atoms with Gasteiger partial charge in [-0.05, 0) is 5.92 Å². The molecule has 0 bridgehead atoms. The molecule has 0 aromatic rings. The molecule has 1 N–H and O–H groups in total. The Hall–Kier alpha value is -0.570. The first-order chi connectivity index (χ1) is 5.87. The largest absolute Gasteiger partial charge is 0.479 e. The van der Waals surface area contributed by atoms with Gasteiger partial charge in [0.1, 0.15) is 0 Å². The number of aliphatic carboxylic acids is 1. The summed E-state index contributed by atoms with van der Waals surface area (Å²) >= 11 is 0. The Morgan fingerprint density at radius 1 is 1.54 bits per heavy atom. The van der Waals surface area contributed by atoms with Gasteiger partial charge in [-0.2, -0.15) is 0 Å². The number of carboxylic acids is 1. The van der Waals surface area contributed by atoms with Crippen molar-refractivity contribution in [2.24, 2.45) is 11.3 Å². The quantitative estimate of drug-likeness (QED) is 0.719. The Kier molecular flexibility index (Phi) is 4.40. The van der Waals surface area contributed by atoms with Crippen LogP contribution in [0.25, 0.3) is 0 Å². The second-order valence-corrected chi connectivity index (χ2v) is 4.08. The van der Waals surface area contributed by atoms with E-state index in [2.05, 4.69) is 13.8 Å². The molecule has 2 atom stereocenters. The zero-order valence-electron chi connectivity index (χ0n) is 9.13. The van der Waals surface area contributed by atoms with E-state index in [1.165, 1.54) is 7.11 Å². The van der Waals surface area contributed by atoms with Gasteiger partial charge in [0.2, 0.25) is 0 Å². The molecule has 0 aliphatic heterocycles. The van der Waals surface area contributed by atoms with E-state index in [9.17, 15) is 4.79 Å². The number of ether oxygens (including phenoxy) is 1. The van der Waals surface area contributed by atoms with Crippen LogP contribution in [-0.4, -0.2) is 24.3 Å². The van der Waals surface area contributed by atoms with Crippen LogP contribution in [0.4, 0.5) is 0 Å². The fourth-order valence-electron chi connectivity index (χ4n) is 1.51. The zero-order chi connectivity index (χ0) is 10.6. The van der Waals surface area contributed by atoms with Gasteiger partial charge in [-0.1, -0.05) is 34.1 Å². The molecule has 0 amide bonds. The van der Waals surface area contributed by atoms with Crippen LogP contribution in [0.2, 0.25) is 0 Å². The van der Waals surface area contributed by atoms with Crippen LogP contribution in [0.3, 0.4) is 0 Å². The van der Waals surface area contributed by atoms with Crippen LogP contribution in [0.15, 0.2) is 0 Å². The van der Waals surface area contributed by atoms with E-state index in [-0.39, 0.29) is 5.41 Å². The number of rotatable bonds is 5. The molecule has 78 valence electrons. The van der Waals surface area contributed by atoms with E-state index in [1.54, 1.807) is 0 Å². The highest BCUT2D eigenvalue weighted by molar-refractivity contribution is 5.73. The molecule has 0 saturated heterocycles. The van der Waals surface area contributed by atoms with Gasteiger partial charge in [0.15, 0.2) is 6.10 Å². The van der Waals surface area contributed by atoms with E-state index in [4.69, 9.17) is 9.84 Å². The normalized spacial score (nSPS) is 16.7. The predicted molar refractivity (Wildman–Crippen MR) is 51.7 cm³/mol. The molecule has 2 unspecified atom stereocenters. The SMILES string of the molecule is CCC(C)C(C)(C)C(OC)C(=O)O. The number of carbonyl (C=O) groups is 1. The molecule has 3 heteroatoms. The van der Waals surface area contributed by atoms with Crippen LogP contribution >= 0.6 is 0 Å². The Morgan fingerprint density at radius 3 is 2.23 bits per heavy atom. The van der Waals surface area contributed by atoms with Crippen LogP contribution in [-0.2, 0) is 9.53 Å². The number of carboxylic acid groups (broad SMARTS) is 1. The average molecular weight is 188 g/mol. The first kappa shape index (κ1) is 12.4. The first-order valence-electron chi connectivity index (χ1n) is 4.63. The van der Waals surface area contributed by atoms with Crippen molar-refractivity contribution < 1.29 is 14.6 Å². The summed E-state index contributed by atoms with van der Waals surface area (Å²) in [5.41, 5.74) is -0.324. The standard InChI is InChI=1S/C10H20O3/c1-6-7(2)10(3,4)8(13-5)9(11)12/h7-8H,6H2,1-5H3,(H,11,12). The van der Waals surface area contributed by atoms with Crippen molar-refractivity contribution in [3.63, 3.8) is 0 Å². The van der Waals surface area contributed by atoms with Crippen LogP contribution in [0.1, 0.15) is 34.1 Å². The summed E-state index contributed by atoms with van der Waals surface area (Å²) in [4.78, 5) is 10.9. The molecule has 0 aromatic carbocycles. The van der Waals surface area contributed by atoms with Gasteiger partial charge in [0, 0.05) is 12.5 Å². The molecule has 0 radical (unpaired) electrons. The maximum atomic E-state index is 10.9. The molecular formula is C10H20O3. The molecule has 0 spiro atoms. The number of hydrogen-bond acceptors (Lipinski definition) is 2. The van der Waals surface area contributed by atoms with Crippen LogP contribution in [0, 0.1) is 11.3 Å². The van der Waals surface area contributed by atoms with Crippen LogP contribution in [0.5, 0.6) is 0 Å². The van der Waals surface area contributed by atoms with Gasteiger partial charge in [-0.3, -0.25) is 0 Å². The number of hydrogen-bond donors (Lipinski definition) is 1. The Bertz CT molecular complexity index is 175. The zero-order valence-corrected chi connectivity index (χ0v) is 9.13. The lowest BCUT2D eigenvalue weighted by Crippen LogP contribution is -2.42. The van der Waals surface area contributed by atoms with Gasteiger partial charge in [0.25, 0.3) is 0 Å². The lowest BCUT2D eigenvalue weighted by molar-refractivity contribution is -0.158. The summed E-state index contributed by atoms with van der Waals surface area (Å²) < 4.78 is 5.00. The van der Waals surface area contributed by atoms with Gasteiger partial charge >= 0.3 is 5.97 Å². The fraction of sp³-hybridized carbons (Fsp3) is 0.900. The molecule has 0 fully saturated rings. The maximum Gasteiger partial charge on any atom is 0.333 e. The highest BCUT2D eigenvalue weighted by Crippen LogP contribution is 2.34. The average Bonchev–Trinajstić information content (AvgIpc) is 2.02. The molecule has 0 aromatic heterocycles. The third-order valence-corrected chi connectivity index (χ3v) is 3.02. The summed E-state index contributed by atoms with van der Waals surface area (Å²) in [5, 5.41) is 8.93. The van der Waals surface area contributed by atoms with Gasteiger partial charge in [-0.15, -0.1) is 0 Å². The molecule has 0 aliphatic carbocycles. The lowest BCUT2D eigenvalue weighted by Gasteiger charge is -2.35. The second kappa shape index (κ2) is 4.61. The van der Waals surface area contributed by atoms with Crippen molar-refractivity contribution in [1.82, 2.24) is 0 Å². The monoisotopic (exact) mass is 188 g/mol. The first-order valence-corrected chi connectivity index (χ1v) is 4.63. The minimum Gasteiger partial charge on any atom is -0.479 e. The summed E-state index contributed by atoms with van der Waals surface area (Å²) in [6.07, 6.45) is 0.239. The topological polar surface area (TPSA) is 46.5 Å². The van der Waals surface area contributed by atoms with Gasteiger partial charge in [0.05, 0.1) is 0 Å². The lowest BCUT2D eigenvalue weighted by atomic mass is 9.74. The molecule has 13 heavy (non-hydrogen) atoms. The third-order valence-electron chi connectivity index (χ3n) is 3.02. The third kappa shape index (κ3) is 2.69. The summed E-state index contributed by atoms with van der Waals surface area (Å²) in [6, 6.07) is 0. The summed E-state index contributed by atoms with van der Waals surface area (Å²) in [6.45, 7) is 7.98. The van der Waals surface area contributed by atoms with Crippen molar-refractivity contribution in [3.8, 4) is 0 Å². The molecule has 0 heterocycles. The van der Waals surface area contributed by atoms with E-state index in [1.807, 2.05) is 13.8 Å². The molecular weight excluding hydrogens is 168 g/mol. The van der Waals surface area contributed by atoms with Crippen LogP contribution < -0.4 is 0 Å². The number of methoxy groups -OCH3 is 1. The van der Waals surface area contributed by atoms with Crippen molar-refractivity contribution >= 4 is 5.97 Å². The Balaban J connectivity index is 4.65. The van der Waals surface area contributed by atoms with Gasteiger partial charge < -0.3 is 9.84 Å². The van der Waals surface area contributed by atoms with E-state index < -0.39 is 12.1 Å². The van der Waals surface area contributed by atoms with E-state index in [0.29, 0.717) is 5.92 Å². The van der Waals surface area contributed by atoms with Crippen molar-refractivity contribution in [3.05, 3.63) is 0 Å². The highest BCUT2D eigenvalue weighted by atomic mass is 16.5. The molecule has 0 rings (SSSR count). The molecule has 0 aliphatic rings. The summed E-state index contributed by atoms with van der Waals surface area (Å²) in [7, 11) is 1.45. The summed E-state index contributed by atoms with van der Waals surface area (Å²) in [5.74, 6) is -0.554. The maximum absolute atomic E-state index is 10.9. The smallest absolute Gasteiger partial charge is 0.333 e. The van der Waals surface area contributed by atoms with Crippen molar-refractivity contribution in [2.75, 3.05) is 7.11 Å². The van der Waals surface area contributed by atoms with Crippen molar-refractivity contribution in [2.45, 2.75) is 40.2 Å². The Morgan fingerprint density at radius 2 is 2.00 bits per heavy atom. The Labute approximate surface area is 80.1 Å². The van der Waals surface area contributed by atoms with E-state index >= 15 is 0 Å². The highest BCUT2D eigenvalue weighted by Gasteiger charge is 2.38. The predicted octanol–water partition coefficient (Wildman–Crippen LogP) is 2.16. The minimum absolute atomic E-state index is 0.324. The molecule has 0 saturated carbocycles. The van der Waals surface area contributed by atoms with Crippen molar-refractivity contribution in [1.29, 1.82) is 0 Å². The minimum atomic E-state index is -0.882. The van der Waals surface area contributed by atoms with E-state index in [0.717, 1.165) is 6.42 Å². The molecule has 3 nitrogen and oxygen atoms in total. The fourth-order valence-corrected chi connectivity index (χ4v) is 1.51. The second-order valence-electron chi connectivity index (χ2n) is 4.08. The van der Waals surface area contributed by atoms with Gasteiger partial charge in [-0.25, -0.2) is 4.79 Å².